The summed E-state index contributed by atoms with van der Waals surface area (Å²) >= 11 is 0. The summed E-state index contributed by atoms with van der Waals surface area (Å²) in [4.78, 5) is 39.0. The summed E-state index contributed by atoms with van der Waals surface area (Å²) in [7, 11) is 0. The van der Waals surface area contributed by atoms with Gasteiger partial charge in [0.15, 0.2) is 0 Å². The molecule has 0 saturated carbocycles. The fraction of sp³-hybridized carbons (Fsp3) is 0.357. The van der Waals surface area contributed by atoms with Gasteiger partial charge in [-0.2, -0.15) is 0 Å². The third kappa shape index (κ3) is 2.42. The topological polar surface area (TPSA) is 80.1 Å². The second-order valence-electron chi connectivity index (χ2n) is 5.13. The Labute approximate surface area is 120 Å². The molecule has 1 aliphatic rings. The second kappa shape index (κ2) is 5.08. The molecule has 1 amide bonds. The van der Waals surface area contributed by atoms with E-state index in [1.165, 1.54) is 16.8 Å². The lowest BCUT2D eigenvalue weighted by Crippen LogP contribution is -2.43. The maximum atomic E-state index is 12.4. The van der Waals surface area contributed by atoms with Crippen molar-refractivity contribution in [2.75, 3.05) is 6.54 Å². The van der Waals surface area contributed by atoms with Crippen LogP contribution in [0.15, 0.2) is 40.2 Å². The number of amides is 1. The largest absolute Gasteiger partial charge is 0.348 e. The number of nitrogens with one attached hydrogen (secondary N) is 1. The van der Waals surface area contributed by atoms with Gasteiger partial charge in [-0.05, 0) is 19.1 Å². The molecule has 2 aromatic heterocycles. The molecule has 7 nitrogen and oxygen atoms in total. The van der Waals surface area contributed by atoms with Crippen LogP contribution in [0.5, 0.6) is 0 Å². The fourth-order valence-electron chi connectivity index (χ4n) is 2.72. The van der Waals surface area contributed by atoms with Gasteiger partial charge in [0.1, 0.15) is 6.54 Å². The normalized spacial score (nSPS) is 17.6. The zero-order valence-electron chi connectivity index (χ0n) is 11.7. The molecule has 1 atom stereocenters. The molecular formula is C14H16N4O3. The van der Waals surface area contributed by atoms with Crippen LogP contribution in [0.1, 0.15) is 18.7 Å². The lowest BCUT2D eigenvalue weighted by atomic mass is 10.1. The van der Waals surface area contributed by atoms with E-state index >= 15 is 0 Å². The molecule has 0 aromatic carbocycles. The van der Waals surface area contributed by atoms with Crippen molar-refractivity contribution in [1.29, 1.82) is 0 Å². The van der Waals surface area contributed by atoms with E-state index in [2.05, 4.69) is 9.55 Å². The van der Waals surface area contributed by atoms with Crippen molar-refractivity contribution in [2.45, 2.75) is 26.1 Å². The molecule has 3 rings (SSSR count). The van der Waals surface area contributed by atoms with Crippen LogP contribution >= 0.6 is 0 Å². The summed E-state index contributed by atoms with van der Waals surface area (Å²) < 4.78 is 3.34. The third-order valence-electron chi connectivity index (χ3n) is 3.86. The number of carbonyl (C=O) groups is 1. The number of rotatable bonds is 2. The first-order valence-corrected chi connectivity index (χ1v) is 6.80. The van der Waals surface area contributed by atoms with Crippen LogP contribution in [0.2, 0.25) is 0 Å². The van der Waals surface area contributed by atoms with Crippen molar-refractivity contribution >= 4 is 5.91 Å². The van der Waals surface area contributed by atoms with E-state index in [1.54, 1.807) is 4.90 Å². The van der Waals surface area contributed by atoms with Gasteiger partial charge in [-0.25, -0.2) is 4.79 Å². The van der Waals surface area contributed by atoms with E-state index in [4.69, 9.17) is 0 Å². The SMILES string of the molecule is CC1c2cccn2CCN1C(=O)Cn1ccc(=O)[nH]c1=O. The smallest absolute Gasteiger partial charge is 0.328 e. The highest BCUT2D eigenvalue weighted by Gasteiger charge is 2.27. The van der Waals surface area contributed by atoms with Crippen LogP contribution < -0.4 is 11.2 Å². The Morgan fingerprint density at radius 1 is 1.29 bits per heavy atom. The third-order valence-corrected chi connectivity index (χ3v) is 3.86. The predicted octanol–water partition coefficient (Wildman–Crippen LogP) is -0.0585. The monoisotopic (exact) mass is 288 g/mol. The van der Waals surface area contributed by atoms with Crippen LogP contribution in [0.4, 0.5) is 0 Å². The van der Waals surface area contributed by atoms with Gasteiger partial charge in [0.05, 0.1) is 6.04 Å². The molecule has 110 valence electrons. The van der Waals surface area contributed by atoms with E-state index in [-0.39, 0.29) is 18.5 Å². The van der Waals surface area contributed by atoms with E-state index in [9.17, 15) is 14.4 Å². The number of carbonyl (C=O) groups excluding carboxylic acids is 1. The maximum absolute atomic E-state index is 12.4. The van der Waals surface area contributed by atoms with E-state index in [0.29, 0.717) is 6.54 Å². The molecule has 0 saturated heterocycles. The molecule has 21 heavy (non-hydrogen) atoms. The number of aromatic amines is 1. The first-order valence-electron chi connectivity index (χ1n) is 6.80. The standard InChI is InChI=1S/C14H16N4O3/c1-10-11-3-2-5-16(11)7-8-18(10)13(20)9-17-6-4-12(19)15-14(17)21/h2-6,10H,7-9H2,1H3,(H,15,19,21). The fourth-order valence-corrected chi connectivity index (χ4v) is 2.72. The molecular weight excluding hydrogens is 272 g/mol. The minimum absolute atomic E-state index is 0.0280. The minimum Gasteiger partial charge on any atom is -0.348 e. The molecule has 3 heterocycles. The van der Waals surface area contributed by atoms with Gasteiger partial charge in [-0.3, -0.25) is 19.1 Å². The zero-order chi connectivity index (χ0) is 15.0. The molecule has 0 spiro atoms. The van der Waals surface area contributed by atoms with Crippen molar-refractivity contribution in [3.8, 4) is 0 Å². The Kier molecular flexibility index (Phi) is 3.25. The van der Waals surface area contributed by atoms with Crippen molar-refractivity contribution in [2.24, 2.45) is 0 Å². The molecule has 0 radical (unpaired) electrons. The van der Waals surface area contributed by atoms with Crippen LogP contribution in [0, 0.1) is 0 Å². The second-order valence-corrected chi connectivity index (χ2v) is 5.13. The highest BCUT2D eigenvalue weighted by Crippen LogP contribution is 2.25. The summed E-state index contributed by atoms with van der Waals surface area (Å²) in [6.07, 6.45) is 3.34. The molecule has 1 unspecified atom stereocenters. The number of aromatic nitrogens is 3. The molecule has 0 bridgehead atoms. The highest BCUT2D eigenvalue weighted by atomic mass is 16.2. The number of hydrogen-bond acceptors (Lipinski definition) is 3. The van der Waals surface area contributed by atoms with E-state index in [0.717, 1.165) is 12.2 Å². The number of fused-ring (bicyclic) bond motifs is 1. The van der Waals surface area contributed by atoms with Gasteiger partial charge in [0.25, 0.3) is 5.56 Å². The predicted molar refractivity (Wildman–Crippen MR) is 75.9 cm³/mol. The van der Waals surface area contributed by atoms with Crippen LogP contribution in [0.3, 0.4) is 0 Å². The van der Waals surface area contributed by atoms with Gasteiger partial charge in [0.2, 0.25) is 5.91 Å². The Hall–Kier alpha value is -2.57. The van der Waals surface area contributed by atoms with Gasteiger partial charge in [-0.15, -0.1) is 0 Å². The average molecular weight is 288 g/mol. The van der Waals surface area contributed by atoms with Gasteiger partial charge >= 0.3 is 5.69 Å². The lowest BCUT2D eigenvalue weighted by Gasteiger charge is -2.35. The summed E-state index contributed by atoms with van der Waals surface area (Å²) in [6, 6.07) is 5.17. The maximum Gasteiger partial charge on any atom is 0.328 e. The van der Waals surface area contributed by atoms with Crippen molar-refractivity contribution in [1.82, 2.24) is 19.0 Å². The first kappa shape index (κ1) is 13.4. The quantitative estimate of drug-likeness (QED) is 0.841. The van der Waals surface area contributed by atoms with Gasteiger partial charge in [-0.1, -0.05) is 0 Å². The van der Waals surface area contributed by atoms with Crippen molar-refractivity contribution in [3.63, 3.8) is 0 Å². The Bertz CT molecular complexity index is 786. The number of hydrogen-bond donors (Lipinski definition) is 1. The van der Waals surface area contributed by atoms with Crippen LogP contribution in [-0.2, 0) is 17.9 Å². The minimum atomic E-state index is -0.566. The Morgan fingerprint density at radius 2 is 2.10 bits per heavy atom. The summed E-state index contributed by atoms with van der Waals surface area (Å²) in [5.41, 5.74) is 0.0557. The molecule has 1 aliphatic heterocycles. The molecule has 0 aliphatic carbocycles. The van der Waals surface area contributed by atoms with Crippen molar-refractivity contribution in [3.05, 3.63) is 57.1 Å². The lowest BCUT2D eigenvalue weighted by molar-refractivity contribution is -0.135. The summed E-state index contributed by atoms with van der Waals surface area (Å²) in [5.74, 6) is -0.135. The number of nitrogens with zero attached hydrogens (tertiary/aromatic N) is 3. The molecule has 0 fully saturated rings. The molecule has 1 N–H and O–H groups in total. The van der Waals surface area contributed by atoms with Gasteiger partial charge < -0.3 is 9.47 Å². The molecule has 7 heteroatoms. The zero-order valence-corrected chi connectivity index (χ0v) is 11.7. The average Bonchev–Trinajstić information content (AvgIpc) is 2.91. The number of H-pyrrole nitrogens is 1. The van der Waals surface area contributed by atoms with E-state index < -0.39 is 11.2 Å². The van der Waals surface area contributed by atoms with Crippen LogP contribution in [-0.4, -0.2) is 31.5 Å². The summed E-state index contributed by atoms with van der Waals surface area (Å²) in [6.45, 7) is 3.26. The highest BCUT2D eigenvalue weighted by molar-refractivity contribution is 5.76. The molecule has 2 aromatic rings. The van der Waals surface area contributed by atoms with Crippen molar-refractivity contribution < 1.29 is 4.79 Å². The first-order chi connectivity index (χ1) is 10.1. The Morgan fingerprint density at radius 3 is 2.86 bits per heavy atom. The van der Waals surface area contributed by atoms with Crippen LogP contribution in [0.25, 0.3) is 0 Å². The Balaban J connectivity index is 1.80. The van der Waals surface area contributed by atoms with Gasteiger partial charge in [0, 0.05) is 37.2 Å². The van der Waals surface area contributed by atoms with E-state index in [1.807, 2.05) is 25.3 Å². The summed E-state index contributed by atoms with van der Waals surface area (Å²) in [5, 5.41) is 0.